The average molecular weight is 252 g/mol. The van der Waals surface area contributed by atoms with Crippen LogP contribution in [0.1, 0.15) is 26.2 Å². The second-order valence-electron chi connectivity index (χ2n) is 5.24. The van der Waals surface area contributed by atoms with Crippen molar-refractivity contribution < 1.29 is 13.6 Å². The Bertz CT molecular complexity index is 532. The highest BCUT2D eigenvalue weighted by atomic mass is 19.2. The van der Waals surface area contributed by atoms with Crippen molar-refractivity contribution in [2.24, 2.45) is 5.41 Å². The Morgan fingerprint density at radius 1 is 1.39 bits per heavy atom. The van der Waals surface area contributed by atoms with Crippen LogP contribution in [0.5, 0.6) is 0 Å². The van der Waals surface area contributed by atoms with Crippen LogP contribution in [-0.4, -0.2) is 11.9 Å². The standard InChI is InChI=1S/C13H14F2N2O/c1-13-6-2-3-9(13)17-11-8(16-12(13)18)5-4-7(14)10(11)15/h4-5,9,17H,2-3,6H2,1H3,(H,16,18). The fourth-order valence-corrected chi connectivity index (χ4v) is 2.90. The van der Waals surface area contributed by atoms with E-state index in [0.29, 0.717) is 5.69 Å². The monoisotopic (exact) mass is 252 g/mol. The Hall–Kier alpha value is -1.65. The van der Waals surface area contributed by atoms with E-state index >= 15 is 0 Å². The van der Waals surface area contributed by atoms with Gasteiger partial charge in [0.25, 0.3) is 0 Å². The molecule has 1 aliphatic carbocycles. The van der Waals surface area contributed by atoms with E-state index < -0.39 is 17.0 Å². The van der Waals surface area contributed by atoms with Crippen molar-refractivity contribution in [3.05, 3.63) is 23.8 Å². The third-order valence-electron chi connectivity index (χ3n) is 4.14. The number of carbonyl (C=O) groups is 1. The van der Waals surface area contributed by atoms with Gasteiger partial charge in [-0.1, -0.05) is 6.42 Å². The zero-order valence-corrected chi connectivity index (χ0v) is 10.0. The highest BCUT2D eigenvalue weighted by Crippen LogP contribution is 2.44. The topological polar surface area (TPSA) is 41.1 Å². The van der Waals surface area contributed by atoms with Crippen LogP contribution in [-0.2, 0) is 4.79 Å². The van der Waals surface area contributed by atoms with Gasteiger partial charge >= 0.3 is 0 Å². The minimum Gasteiger partial charge on any atom is -0.377 e. The molecular formula is C13H14F2N2O. The Kier molecular flexibility index (Phi) is 2.33. The molecule has 2 atom stereocenters. The summed E-state index contributed by atoms with van der Waals surface area (Å²) in [4.78, 5) is 12.2. The third kappa shape index (κ3) is 1.43. The summed E-state index contributed by atoms with van der Waals surface area (Å²) in [6.45, 7) is 1.87. The van der Waals surface area contributed by atoms with E-state index in [4.69, 9.17) is 0 Å². The highest BCUT2D eigenvalue weighted by molar-refractivity contribution is 6.00. The second kappa shape index (κ2) is 3.67. The quantitative estimate of drug-likeness (QED) is 0.745. The van der Waals surface area contributed by atoms with Crippen molar-refractivity contribution in [1.82, 2.24) is 0 Å². The summed E-state index contributed by atoms with van der Waals surface area (Å²) in [7, 11) is 0. The van der Waals surface area contributed by atoms with Crippen LogP contribution in [0.15, 0.2) is 12.1 Å². The van der Waals surface area contributed by atoms with E-state index in [0.717, 1.165) is 25.3 Å². The molecule has 0 aromatic heterocycles. The molecule has 3 rings (SSSR count). The maximum absolute atomic E-state index is 13.8. The van der Waals surface area contributed by atoms with Crippen LogP contribution in [0.2, 0.25) is 0 Å². The van der Waals surface area contributed by atoms with Crippen LogP contribution in [0.25, 0.3) is 0 Å². The van der Waals surface area contributed by atoms with Gasteiger partial charge in [-0.15, -0.1) is 0 Å². The number of nitrogens with one attached hydrogen (secondary N) is 2. The Labute approximate surface area is 104 Å². The number of rotatable bonds is 0. The van der Waals surface area contributed by atoms with E-state index in [1.807, 2.05) is 6.92 Å². The van der Waals surface area contributed by atoms with Gasteiger partial charge in [0.2, 0.25) is 5.91 Å². The molecule has 1 heterocycles. The molecule has 1 fully saturated rings. The van der Waals surface area contributed by atoms with Gasteiger partial charge < -0.3 is 10.6 Å². The molecule has 1 aromatic carbocycles. The lowest BCUT2D eigenvalue weighted by molar-refractivity contribution is -0.124. The van der Waals surface area contributed by atoms with Crippen LogP contribution < -0.4 is 10.6 Å². The number of hydrogen-bond acceptors (Lipinski definition) is 2. The second-order valence-corrected chi connectivity index (χ2v) is 5.24. The molecule has 0 spiro atoms. The number of benzene rings is 1. The highest BCUT2D eigenvalue weighted by Gasteiger charge is 2.47. The largest absolute Gasteiger partial charge is 0.377 e. The van der Waals surface area contributed by atoms with Crippen molar-refractivity contribution in [3.63, 3.8) is 0 Å². The van der Waals surface area contributed by atoms with Crippen molar-refractivity contribution in [1.29, 1.82) is 0 Å². The number of carbonyl (C=O) groups excluding carboxylic acids is 1. The molecule has 2 N–H and O–H groups in total. The minimum atomic E-state index is -0.927. The lowest BCUT2D eigenvalue weighted by Crippen LogP contribution is -2.41. The summed E-state index contributed by atoms with van der Waals surface area (Å²) >= 11 is 0. The van der Waals surface area contributed by atoms with Crippen LogP contribution in [0, 0.1) is 17.0 Å². The number of hydrogen-bond donors (Lipinski definition) is 2. The molecule has 1 saturated carbocycles. The molecule has 1 aliphatic heterocycles. The summed E-state index contributed by atoms with van der Waals surface area (Å²) in [5.74, 6) is -1.96. The van der Waals surface area contributed by atoms with Crippen molar-refractivity contribution in [2.75, 3.05) is 10.6 Å². The van der Waals surface area contributed by atoms with Crippen LogP contribution >= 0.6 is 0 Å². The molecule has 0 bridgehead atoms. The van der Waals surface area contributed by atoms with Gasteiger partial charge in [0.05, 0.1) is 16.8 Å². The predicted octanol–water partition coefficient (Wildman–Crippen LogP) is 2.89. The summed E-state index contributed by atoms with van der Waals surface area (Å²) < 4.78 is 27.0. The van der Waals surface area contributed by atoms with Gasteiger partial charge in [-0.25, -0.2) is 8.78 Å². The molecule has 1 amide bonds. The van der Waals surface area contributed by atoms with Crippen molar-refractivity contribution in [2.45, 2.75) is 32.2 Å². The molecule has 2 aliphatic rings. The fraction of sp³-hybridized carbons (Fsp3) is 0.462. The Morgan fingerprint density at radius 2 is 2.17 bits per heavy atom. The first kappa shape index (κ1) is 11.4. The molecular weight excluding hydrogens is 238 g/mol. The Balaban J connectivity index is 2.11. The summed E-state index contributed by atoms with van der Waals surface area (Å²) in [6.07, 6.45) is 2.46. The van der Waals surface area contributed by atoms with Gasteiger partial charge in [-0.2, -0.15) is 0 Å². The zero-order valence-electron chi connectivity index (χ0n) is 10.0. The normalized spacial score (nSPS) is 29.9. The predicted molar refractivity (Wildman–Crippen MR) is 64.4 cm³/mol. The van der Waals surface area contributed by atoms with E-state index in [2.05, 4.69) is 10.6 Å². The minimum absolute atomic E-state index is 0.0685. The van der Waals surface area contributed by atoms with E-state index in [9.17, 15) is 13.6 Å². The van der Waals surface area contributed by atoms with Gasteiger partial charge in [0, 0.05) is 6.04 Å². The number of halogens is 2. The van der Waals surface area contributed by atoms with E-state index in [1.165, 1.54) is 6.07 Å². The van der Waals surface area contributed by atoms with Gasteiger partial charge in [-0.3, -0.25) is 4.79 Å². The smallest absolute Gasteiger partial charge is 0.232 e. The number of fused-ring (bicyclic) bond motifs is 2. The lowest BCUT2D eigenvalue weighted by atomic mass is 9.84. The Morgan fingerprint density at radius 3 is 2.94 bits per heavy atom. The lowest BCUT2D eigenvalue weighted by Gasteiger charge is -2.27. The summed E-state index contributed by atoms with van der Waals surface area (Å²) in [5.41, 5.74) is -0.171. The molecule has 0 saturated heterocycles. The summed E-state index contributed by atoms with van der Waals surface area (Å²) in [5, 5.41) is 5.70. The first-order valence-electron chi connectivity index (χ1n) is 6.08. The maximum Gasteiger partial charge on any atom is 0.232 e. The first-order chi connectivity index (χ1) is 8.52. The molecule has 5 heteroatoms. The third-order valence-corrected chi connectivity index (χ3v) is 4.14. The molecule has 0 radical (unpaired) electrons. The van der Waals surface area contributed by atoms with E-state index in [1.54, 1.807) is 0 Å². The fourth-order valence-electron chi connectivity index (χ4n) is 2.90. The molecule has 96 valence electrons. The zero-order chi connectivity index (χ0) is 12.9. The van der Waals surface area contributed by atoms with Gasteiger partial charge in [-0.05, 0) is 31.9 Å². The first-order valence-corrected chi connectivity index (χ1v) is 6.08. The van der Waals surface area contributed by atoms with Crippen molar-refractivity contribution in [3.8, 4) is 0 Å². The van der Waals surface area contributed by atoms with Crippen molar-refractivity contribution >= 4 is 17.3 Å². The van der Waals surface area contributed by atoms with Gasteiger partial charge in [0.15, 0.2) is 11.6 Å². The number of amides is 1. The molecule has 1 aromatic rings. The molecule has 18 heavy (non-hydrogen) atoms. The van der Waals surface area contributed by atoms with Gasteiger partial charge in [0.1, 0.15) is 0 Å². The summed E-state index contributed by atoms with van der Waals surface area (Å²) in [6, 6.07) is 2.28. The average Bonchev–Trinajstić information content (AvgIpc) is 2.67. The van der Waals surface area contributed by atoms with Crippen LogP contribution in [0.4, 0.5) is 20.2 Å². The van der Waals surface area contributed by atoms with Crippen LogP contribution in [0.3, 0.4) is 0 Å². The number of anilines is 2. The molecule has 3 nitrogen and oxygen atoms in total. The maximum atomic E-state index is 13.8. The SMILES string of the molecule is CC12CCCC1Nc1c(ccc(F)c1F)NC2=O. The van der Waals surface area contributed by atoms with E-state index in [-0.39, 0.29) is 17.6 Å². The molecule has 2 unspecified atom stereocenters.